The molecule has 1 aromatic rings. The summed E-state index contributed by atoms with van der Waals surface area (Å²) in [7, 11) is 0. The van der Waals surface area contributed by atoms with Crippen molar-refractivity contribution >= 4 is 21.7 Å². The van der Waals surface area contributed by atoms with Crippen LogP contribution in [0.4, 0.5) is 5.82 Å². The van der Waals surface area contributed by atoms with Crippen molar-refractivity contribution in [1.29, 1.82) is 0 Å². The van der Waals surface area contributed by atoms with E-state index < -0.39 is 5.60 Å². The first kappa shape index (κ1) is 13.7. The average Bonchev–Trinajstić information content (AvgIpc) is 2.28. The van der Waals surface area contributed by atoms with Gasteiger partial charge in [-0.25, -0.2) is 9.97 Å². The molecule has 1 aliphatic rings. The lowest BCUT2D eigenvalue weighted by Crippen LogP contribution is -2.42. The number of halogens is 1. The Balaban J connectivity index is 2.19. The fourth-order valence-corrected chi connectivity index (χ4v) is 2.45. The van der Waals surface area contributed by atoms with E-state index in [1.54, 1.807) is 0 Å². The van der Waals surface area contributed by atoms with Crippen molar-refractivity contribution in [3.8, 4) is 0 Å². The van der Waals surface area contributed by atoms with Gasteiger partial charge in [0.2, 0.25) is 0 Å². The zero-order valence-electron chi connectivity index (χ0n) is 11.1. The van der Waals surface area contributed by atoms with Crippen molar-refractivity contribution in [1.82, 2.24) is 9.97 Å². The van der Waals surface area contributed by atoms with Crippen LogP contribution in [0.2, 0.25) is 0 Å². The second-order valence-electron chi connectivity index (χ2n) is 5.55. The maximum Gasteiger partial charge on any atom is 0.134 e. The minimum absolute atomic E-state index is 0.314. The van der Waals surface area contributed by atoms with E-state index in [-0.39, 0.29) is 0 Å². The number of hydrogen-bond donors (Lipinski definition) is 1. The summed E-state index contributed by atoms with van der Waals surface area (Å²) in [4.78, 5) is 11.2. The first-order valence-corrected chi connectivity index (χ1v) is 7.18. The molecule has 2 heterocycles. The molecule has 0 saturated carbocycles. The molecule has 4 nitrogen and oxygen atoms in total. The van der Waals surface area contributed by atoms with Crippen molar-refractivity contribution in [2.24, 2.45) is 0 Å². The van der Waals surface area contributed by atoms with Gasteiger partial charge in [0.05, 0.1) is 5.60 Å². The molecule has 1 aromatic heterocycles. The zero-order valence-corrected chi connectivity index (χ0v) is 12.7. The average molecular weight is 314 g/mol. The highest BCUT2D eigenvalue weighted by molar-refractivity contribution is 9.10. The topological polar surface area (TPSA) is 49.2 Å². The van der Waals surface area contributed by atoms with Crippen LogP contribution < -0.4 is 4.90 Å². The summed E-state index contributed by atoms with van der Waals surface area (Å²) in [6, 6.07) is 1.95. The molecule has 1 saturated heterocycles. The van der Waals surface area contributed by atoms with E-state index in [4.69, 9.17) is 0 Å². The molecule has 0 radical (unpaired) electrons. The lowest BCUT2D eigenvalue weighted by molar-refractivity contribution is 0.0350. The minimum atomic E-state index is -0.526. The van der Waals surface area contributed by atoms with Gasteiger partial charge in [0, 0.05) is 25.1 Å². The number of piperidine rings is 1. The Morgan fingerprint density at radius 2 is 1.94 bits per heavy atom. The van der Waals surface area contributed by atoms with Crippen LogP contribution in [0.15, 0.2) is 10.7 Å². The van der Waals surface area contributed by atoms with Gasteiger partial charge in [0.1, 0.15) is 16.2 Å². The fraction of sp³-hybridized carbons (Fsp3) is 0.692. The van der Waals surface area contributed by atoms with Gasteiger partial charge >= 0.3 is 0 Å². The van der Waals surface area contributed by atoms with Crippen LogP contribution in [-0.4, -0.2) is 33.8 Å². The molecule has 5 heteroatoms. The van der Waals surface area contributed by atoms with E-state index >= 15 is 0 Å². The Hall–Kier alpha value is -0.680. The van der Waals surface area contributed by atoms with Crippen molar-refractivity contribution in [2.75, 3.05) is 18.0 Å². The van der Waals surface area contributed by atoms with Gasteiger partial charge in [-0.1, -0.05) is 13.8 Å². The van der Waals surface area contributed by atoms with E-state index in [9.17, 15) is 5.11 Å². The highest BCUT2D eigenvalue weighted by Crippen LogP contribution is 2.26. The molecule has 0 unspecified atom stereocenters. The number of rotatable bonds is 2. The third kappa shape index (κ3) is 3.20. The van der Waals surface area contributed by atoms with Crippen molar-refractivity contribution in [3.63, 3.8) is 0 Å². The predicted octanol–water partition coefficient (Wildman–Crippen LogP) is 2.71. The second kappa shape index (κ2) is 5.13. The molecule has 0 amide bonds. The minimum Gasteiger partial charge on any atom is -0.390 e. The monoisotopic (exact) mass is 313 g/mol. The summed E-state index contributed by atoms with van der Waals surface area (Å²) >= 11 is 3.44. The molecule has 0 bridgehead atoms. The second-order valence-corrected chi connectivity index (χ2v) is 6.36. The molecular weight excluding hydrogens is 294 g/mol. The summed E-state index contributed by atoms with van der Waals surface area (Å²) in [6.45, 7) is 7.76. The largest absolute Gasteiger partial charge is 0.390 e. The summed E-state index contributed by atoms with van der Waals surface area (Å²) in [5.41, 5.74) is -0.526. The number of aromatic nitrogens is 2. The lowest BCUT2D eigenvalue weighted by Gasteiger charge is -2.36. The van der Waals surface area contributed by atoms with Crippen LogP contribution in [0.25, 0.3) is 0 Å². The van der Waals surface area contributed by atoms with Crippen molar-refractivity contribution in [2.45, 2.75) is 45.1 Å². The van der Waals surface area contributed by atoms with Gasteiger partial charge in [-0.15, -0.1) is 0 Å². The molecule has 100 valence electrons. The Morgan fingerprint density at radius 1 is 1.33 bits per heavy atom. The van der Waals surface area contributed by atoms with Crippen LogP contribution in [0, 0.1) is 0 Å². The molecule has 0 atom stereocenters. The van der Waals surface area contributed by atoms with Gasteiger partial charge in [-0.05, 0) is 35.7 Å². The first-order chi connectivity index (χ1) is 8.37. The Kier molecular flexibility index (Phi) is 3.92. The maximum atomic E-state index is 9.97. The smallest absolute Gasteiger partial charge is 0.134 e. The van der Waals surface area contributed by atoms with Crippen LogP contribution in [0.1, 0.15) is 45.4 Å². The molecule has 1 N–H and O–H groups in total. The summed E-state index contributed by atoms with van der Waals surface area (Å²) in [6.07, 6.45) is 1.57. The molecular formula is C13H20BrN3O. The van der Waals surface area contributed by atoms with Crippen molar-refractivity contribution in [3.05, 3.63) is 16.5 Å². The van der Waals surface area contributed by atoms with E-state index in [0.29, 0.717) is 5.92 Å². The quantitative estimate of drug-likeness (QED) is 0.853. The third-order valence-corrected chi connectivity index (χ3v) is 3.79. The van der Waals surface area contributed by atoms with E-state index in [1.165, 1.54) is 0 Å². The Labute approximate surface area is 117 Å². The summed E-state index contributed by atoms with van der Waals surface area (Å²) in [5, 5.41) is 9.97. The van der Waals surface area contributed by atoms with Gasteiger partial charge in [-0.2, -0.15) is 0 Å². The molecule has 2 rings (SSSR count). The zero-order chi connectivity index (χ0) is 13.3. The number of hydrogen-bond acceptors (Lipinski definition) is 4. The molecule has 0 aliphatic carbocycles. The van der Waals surface area contributed by atoms with Gasteiger partial charge < -0.3 is 10.0 Å². The van der Waals surface area contributed by atoms with Crippen LogP contribution in [0.5, 0.6) is 0 Å². The molecule has 0 spiro atoms. The predicted molar refractivity (Wildman–Crippen MR) is 75.9 cm³/mol. The molecule has 18 heavy (non-hydrogen) atoms. The van der Waals surface area contributed by atoms with E-state index in [1.807, 2.05) is 13.0 Å². The van der Waals surface area contributed by atoms with E-state index in [2.05, 4.69) is 44.6 Å². The fourth-order valence-electron chi connectivity index (χ4n) is 2.06. The van der Waals surface area contributed by atoms with Gasteiger partial charge in [0.15, 0.2) is 0 Å². The van der Waals surface area contributed by atoms with Gasteiger partial charge in [-0.3, -0.25) is 0 Å². The third-order valence-electron chi connectivity index (χ3n) is 3.38. The van der Waals surface area contributed by atoms with Crippen LogP contribution in [-0.2, 0) is 0 Å². The van der Waals surface area contributed by atoms with Gasteiger partial charge in [0.25, 0.3) is 0 Å². The van der Waals surface area contributed by atoms with E-state index in [0.717, 1.165) is 42.2 Å². The first-order valence-electron chi connectivity index (χ1n) is 6.39. The Bertz CT molecular complexity index is 424. The number of nitrogens with zero attached hydrogens (tertiary/aromatic N) is 3. The summed E-state index contributed by atoms with van der Waals surface area (Å²) in [5.74, 6) is 2.13. The van der Waals surface area contributed by atoms with Crippen molar-refractivity contribution < 1.29 is 5.11 Å². The lowest BCUT2D eigenvalue weighted by atomic mass is 9.94. The van der Waals surface area contributed by atoms with Crippen LogP contribution >= 0.6 is 15.9 Å². The number of anilines is 1. The highest BCUT2D eigenvalue weighted by Gasteiger charge is 2.28. The highest BCUT2D eigenvalue weighted by atomic mass is 79.9. The maximum absolute atomic E-state index is 9.97. The Morgan fingerprint density at radius 3 is 2.50 bits per heavy atom. The molecule has 1 aliphatic heterocycles. The number of aliphatic hydroxyl groups is 1. The normalized spacial score (nSPS) is 19.3. The van der Waals surface area contributed by atoms with Crippen LogP contribution in [0.3, 0.4) is 0 Å². The SMILES string of the molecule is CC(C)c1nc(Br)cc(N2CCC(C)(O)CC2)n1. The standard InChI is InChI=1S/C13H20BrN3O/c1-9(2)12-15-10(14)8-11(16-12)17-6-4-13(3,18)5-7-17/h8-9,18H,4-7H2,1-3H3. The molecule has 0 aromatic carbocycles. The molecule has 1 fully saturated rings. The summed E-state index contributed by atoms with van der Waals surface area (Å²) < 4.78 is 0.827.